The number of ether oxygens (including phenoxy) is 1. The third-order valence-corrected chi connectivity index (χ3v) is 2.75. The van der Waals surface area contributed by atoms with Crippen molar-refractivity contribution in [3.8, 4) is 0 Å². The first-order valence-electron chi connectivity index (χ1n) is 6.17. The van der Waals surface area contributed by atoms with Crippen molar-refractivity contribution in [3.63, 3.8) is 0 Å². The van der Waals surface area contributed by atoms with Crippen LogP contribution in [0.25, 0.3) is 0 Å². The van der Waals surface area contributed by atoms with Crippen LogP contribution in [0.1, 0.15) is 6.92 Å². The summed E-state index contributed by atoms with van der Waals surface area (Å²) in [5, 5.41) is 10.7. The number of nitrogens with two attached hydrogens (primary N) is 1. The van der Waals surface area contributed by atoms with Gasteiger partial charge in [0.15, 0.2) is 0 Å². The van der Waals surface area contributed by atoms with Gasteiger partial charge in [-0.05, 0) is 13.0 Å². The number of rotatable bonds is 3. The molecule has 0 spiro atoms. The van der Waals surface area contributed by atoms with Crippen LogP contribution in [-0.2, 0) is 4.74 Å². The van der Waals surface area contributed by atoms with E-state index in [2.05, 4.69) is 0 Å². The lowest BCUT2D eigenvalue weighted by Crippen LogP contribution is -2.26. The first kappa shape index (κ1) is 14.4. The minimum Gasteiger partial charge on any atom is -0.449 e. The number of nitro groups is 1. The van der Waals surface area contributed by atoms with Crippen molar-refractivity contribution in [1.29, 1.82) is 0 Å². The largest absolute Gasteiger partial charge is 0.449 e. The molecule has 2 rings (SSSR count). The van der Waals surface area contributed by atoms with Gasteiger partial charge in [-0.1, -0.05) is 0 Å². The van der Waals surface area contributed by atoms with Gasteiger partial charge in [0.1, 0.15) is 0 Å². The molecule has 0 bridgehead atoms. The molecule has 0 fully saturated rings. The molecule has 0 unspecified atom stereocenters. The van der Waals surface area contributed by atoms with E-state index in [1.807, 2.05) is 0 Å². The molecule has 0 radical (unpaired) electrons. The van der Waals surface area contributed by atoms with Crippen molar-refractivity contribution in [1.82, 2.24) is 4.90 Å². The number of benzene rings is 1. The second-order valence-electron chi connectivity index (χ2n) is 4.11. The van der Waals surface area contributed by atoms with Crippen molar-refractivity contribution >= 4 is 23.2 Å². The number of carbonyl (C=O) groups excluding carboxylic acids is 1. The molecule has 0 saturated heterocycles. The SMILES string of the molecule is CCOC(=O)N1C=CN(c2ccc([N+](=O)[O-])cc2N)C=C1. The van der Waals surface area contributed by atoms with Crippen LogP contribution in [0.3, 0.4) is 0 Å². The Labute approximate surface area is 120 Å². The average molecular weight is 290 g/mol. The number of hydrogen-bond acceptors (Lipinski definition) is 6. The van der Waals surface area contributed by atoms with Crippen LogP contribution < -0.4 is 10.6 Å². The zero-order chi connectivity index (χ0) is 15.4. The molecule has 1 aromatic carbocycles. The van der Waals surface area contributed by atoms with Gasteiger partial charge in [0.2, 0.25) is 0 Å². The number of nitrogen functional groups attached to an aromatic ring is 1. The summed E-state index contributed by atoms with van der Waals surface area (Å²) in [6.45, 7) is 2.01. The van der Waals surface area contributed by atoms with E-state index in [0.717, 1.165) is 0 Å². The third kappa shape index (κ3) is 3.11. The first-order chi connectivity index (χ1) is 10.0. The third-order valence-electron chi connectivity index (χ3n) is 2.75. The van der Waals surface area contributed by atoms with Crippen molar-refractivity contribution in [2.45, 2.75) is 6.92 Å². The van der Waals surface area contributed by atoms with Gasteiger partial charge in [-0.2, -0.15) is 0 Å². The summed E-state index contributed by atoms with van der Waals surface area (Å²) in [7, 11) is 0. The summed E-state index contributed by atoms with van der Waals surface area (Å²) in [6.07, 6.45) is 5.75. The Morgan fingerprint density at radius 3 is 2.52 bits per heavy atom. The van der Waals surface area contributed by atoms with E-state index in [4.69, 9.17) is 10.5 Å². The average Bonchev–Trinajstić information content (AvgIpc) is 2.47. The first-order valence-corrected chi connectivity index (χ1v) is 6.17. The van der Waals surface area contributed by atoms with Crippen LogP contribution in [0, 0.1) is 10.1 Å². The van der Waals surface area contributed by atoms with E-state index in [-0.39, 0.29) is 18.0 Å². The molecule has 8 nitrogen and oxygen atoms in total. The molecule has 0 atom stereocenters. The smallest absolute Gasteiger partial charge is 0.418 e. The fourth-order valence-corrected chi connectivity index (χ4v) is 1.76. The molecule has 0 saturated carbocycles. The van der Waals surface area contributed by atoms with Gasteiger partial charge < -0.3 is 15.4 Å². The van der Waals surface area contributed by atoms with Gasteiger partial charge in [-0.15, -0.1) is 0 Å². The topological polar surface area (TPSA) is 102 Å². The van der Waals surface area contributed by atoms with E-state index in [1.165, 1.54) is 29.4 Å². The Kier molecular flexibility index (Phi) is 4.07. The molecule has 1 aliphatic heterocycles. The highest BCUT2D eigenvalue weighted by atomic mass is 16.6. The van der Waals surface area contributed by atoms with Gasteiger partial charge in [0, 0.05) is 36.9 Å². The number of nitro benzene ring substituents is 1. The maximum atomic E-state index is 11.5. The maximum absolute atomic E-state index is 11.5. The standard InChI is InChI=1S/C13H14N4O4/c1-2-21-13(18)16-7-5-15(6-8-16)12-4-3-10(17(19)20)9-11(12)14/h3-9H,2,14H2,1H3. The number of anilines is 2. The van der Waals surface area contributed by atoms with Crippen LogP contribution in [0.5, 0.6) is 0 Å². The highest BCUT2D eigenvalue weighted by Gasteiger charge is 2.16. The molecular weight excluding hydrogens is 276 g/mol. The van der Waals surface area contributed by atoms with Crippen molar-refractivity contribution in [2.24, 2.45) is 0 Å². The molecule has 2 N–H and O–H groups in total. The summed E-state index contributed by atoms with van der Waals surface area (Å²) >= 11 is 0. The molecule has 0 aromatic heterocycles. The monoisotopic (exact) mass is 290 g/mol. The quantitative estimate of drug-likeness (QED) is 0.521. The van der Waals surface area contributed by atoms with Crippen LogP contribution in [0.2, 0.25) is 0 Å². The predicted octanol–water partition coefficient (Wildman–Crippen LogP) is 2.40. The fourth-order valence-electron chi connectivity index (χ4n) is 1.76. The number of non-ortho nitro benzene ring substituents is 1. The Bertz CT molecular complexity index is 613. The van der Waals surface area contributed by atoms with Crippen LogP contribution in [-0.4, -0.2) is 22.5 Å². The van der Waals surface area contributed by atoms with E-state index in [1.54, 1.807) is 30.3 Å². The Morgan fingerprint density at radius 2 is 2.00 bits per heavy atom. The highest BCUT2D eigenvalue weighted by molar-refractivity contribution is 5.75. The predicted molar refractivity (Wildman–Crippen MR) is 77.1 cm³/mol. The van der Waals surface area contributed by atoms with Crippen LogP contribution in [0.15, 0.2) is 43.0 Å². The van der Waals surface area contributed by atoms with E-state index < -0.39 is 11.0 Å². The maximum Gasteiger partial charge on any atom is 0.418 e. The van der Waals surface area contributed by atoms with Gasteiger partial charge in [0.05, 0.1) is 22.9 Å². The fraction of sp³-hybridized carbons (Fsp3) is 0.154. The molecular formula is C13H14N4O4. The number of amides is 1. The summed E-state index contributed by atoms with van der Waals surface area (Å²) < 4.78 is 4.85. The van der Waals surface area contributed by atoms with Crippen molar-refractivity contribution in [3.05, 3.63) is 53.1 Å². The molecule has 0 aliphatic carbocycles. The van der Waals surface area contributed by atoms with Gasteiger partial charge >= 0.3 is 6.09 Å². The van der Waals surface area contributed by atoms with Gasteiger partial charge in [-0.3, -0.25) is 15.0 Å². The second kappa shape index (κ2) is 5.95. The van der Waals surface area contributed by atoms with Crippen LogP contribution >= 0.6 is 0 Å². The molecule has 21 heavy (non-hydrogen) atoms. The Balaban J connectivity index is 2.15. The second-order valence-corrected chi connectivity index (χ2v) is 4.11. The minimum absolute atomic E-state index is 0.0747. The molecule has 8 heteroatoms. The Morgan fingerprint density at radius 1 is 1.33 bits per heavy atom. The van der Waals surface area contributed by atoms with Crippen molar-refractivity contribution < 1.29 is 14.5 Å². The molecule has 1 amide bonds. The zero-order valence-corrected chi connectivity index (χ0v) is 11.3. The zero-order valence-electron chi connectivity index (χ0n) is 11.3. The lowest BCUT2D eigenvalue weighted by Gasteiger charge is -2.24. The lowest BCUT2D eigenvalue weighted by molar-refractivity contribution is -0.384. The van der Waals surface area contributed by atoms with Gasteiger partial charge in [0.25, 0.3) is 5.69 Å². The molecule has 1 heterocycles. The summed E-state index contributed by atoms with van der Waals surface area (Å²) in [6, 6.07) is 4.20. The summed E-state index contributed by atoms with van der Waals surface area (Å²) in [4.78, 5) is 24.6. The minimum atomic E-state index is -0.509. The normalized spacial score (nSPS) is 13.4. The lowest BCUT2D eigenvalue weighted by atomic mass is 10.2. The molecule has 1 aliphatic rings. The number of nitrogens with zero attached hydrogens (tertiary/aromatic N) is 3. The van der Waals surface area contributed by atoms with E-state index in [9.17, 15) is 14.9 Å². The summed E-state index contributed by atoms with van der Waals surface area (Å²) in [5.41, 5.74) is 6.59. The number of hydrogen-bond donors (Lipinski definition) is 1. The van der Waals surface area contributed by atoms with Crippen molar-refractivity contribution in [2.75, 3.05) is 17.2 Å². The van der Waals surface area contributed by atoms with Crippen LogP contribution in [0.4, 0.5) is 21.9 Å². The van der Waals surface area contributed by atoms with E-state index in [0.29, 0.717) is 5.69 Å². The highest BCUT2D eigenvalue weighted by Crippen LogP contribution is 2.29. The summed E-state index contributed by atoms with van der Waals surface area (Å²) in [5.74, 6) is 0. The number of carbonyl (C=O) groups is 1. The Hall–Kier alpha value is -3.03. The molecule has 1 aromatic rings. The molecule has 110 valence electrons. The van der Waals surface area contributed by atoms with Gasteiger partial charge in [-0.25, -0.2) is 4.79 Å². The van der Waals surface area contributed by atoms with E-state index >= 15 is 0 Å².